The van der Waals surface area contributed by atoms with Crippen LogP contribution in [0.25, 0.3) is 10.9 Å². The van der Waals surface area contributed by atoms with Crippen molar-refractivity contribution in [3.8, 4) is 0 Å². The normalized spacial score (nSPS) is 12.0. The van der Waals surface area contributed by atoms with E-state index in [0.717, 1.165) is 0 Å². The number of rotatable bonds is 4. The van der Waals surface area contributed by atoms with E-state index >= 15 is 0 Å². The molecule has 21 heavy (non-hydrogen) atoms. The van der Waals surface area contributed by atoms with Crippen molar-refractivity contribution in [2.45, 2.75) is 6.92 Å². The maximum Gasteiger partial charge on any atom is 0.148 e. The van der Waals surface area contributed by atoms with Crippen LogP contribution in [0.15, 0.2) is 59.3 Å². The van der Waals surface area contributed by atoms with E-state index < -0.39 is 11.6 Å². The molecule has 1 N–H and O–H groups in total. The van der Waals surface area contributed by atoms with Gasteiger partial charge >= 0.3 is 0 Å². The Hall–Kier alpha value is -2.08. The highest BCUT2D eigenvalue weighted by atomic mass is 79.9. The van der Waals surface area contributed by atoms with Crippen LogP contribution in [-0.4, -0.2) is 9.97 Å². The van der Waals surface area contributed by atoms with Crippen LogP contribution in [0.5, 0.6) is 0 Å². The number of fused-ring (bicyclic) bond motifs is 1. The highest BCUT2D eigenvalue weighted by Gasteiger charge is 2.12. The van der Waals surface area contributed by atoms with Crippen LogP contribution in [0.2, 0.25) is 0 Å². The Labute approximate surface area is 129 Å². The second-order valence-corrected chi connectivity index (χ2v) is 5.21. The molecule has 1 heterocycles. The molecule has 0 amide bonds. The van der Waals surface area contributed by atoms with Gasteiger partial charge in [-0.2, -0.15) is 0 Å². The molecule has 0 bridgehead atoms. The van der Waals surface area contributed by atoms with Crippen LogP contribution < -0.4 is 5.32 Å². The summed E-state index contributed by atoms with van der Waals surface area (Å²) in [5, 5.41) is 2.94. The molecule has 1 aromatic heterocycles. The minimum Gasteiger partial charge on any atom is -0.341 e. The van der Waals surface area contributed by atoms with Crippen LogP contribution >= 0.6 is 15.9 Å². The number of nitrogens with one attached hydrogen (secondary N) is 1. The minimum absolute atomic E-state index is 0.140. The molecule has 0 aliphatic heterocycles. The number of aromatic nitrogens is 2. The van der Waals surface area contributed by atoms with Gasteiger partial charge in [0.15, 0.2) is 0 Å². The Balaban J connectivity index is 2.53. The molecule has 0 aliphatic rings. The van der Waals surface area contributed by atoms with Gasteiger partial charge in [-0.05, 0) is 19.1 Å². The van der Waals surface area contributed by atoms with E-state index in [9.17, 15) is 8.78 Å². The SMILES string of the molecule is C=CC(=C)/C(F)=C(\C)Nc1ncnc2cc(Br)cc(F)c12. The van der Waals surface area contributed by atoms with Gasteiger partial charge < -0.3 is 5.32 Å². The summed E-state index contributed by atoms with van der Waals surface area (Å²) in [5.74, 6) is -0.873. The molecule has 0 spiro atoms. The molecule has 108 valence electrons. The Morgan fingerprint density at radius 2 is 2.10 bits per heavy atom. The van der Waals surface area contributed by atoms with Crippen molar-refractivity contribution in [3.63, 3.8) is 0 Å². The summed E-state index contributed by atoms with van der Waals surface area (Å²) in [4.78, 5) is 7.97. The van der Waals surface area contributed by atoms with Crippen LogP contribution in [0.3, 0.4) is 0 Å². The monoisotopic (exact) mass is 351 g/mol. The average Bonchev–Trinajstić information content (AvgIpc) is 2.45. The first kappa shape index (κ1) is 15.3. The van der Waals surface area contributed by atoms with Gasteiger partial charge in [-0.25, -0.2) is 18.7 Å². The van der Waals surface area contributed by atoms with E-state index in [4.69, 9.17) is 0 Å². The fraction of sp³-hybridized carbons (Fsp3) is 0.0667. The lowest BCUT2D eigenvalue weighted by Gasteiger charge is -2.11. The van der Waals surface area contributed by atoms with E-state index in [2.05, 4.69) is 44.4 Å². The fourth-order valence-corrected chi connectivity index (χ4v) is 2.19. The number of halogens is 3. The quantitative estimate of drug-likeness (QED) is 0.797. The average molecular weight is 352 g/mol. The predicted octanol–water partition coefficient (Wildman–Crippen LogP) is 4.89. The molecule has 0 saturated heterocycles. The third-order valence-electron chi connectivity index (χ3n) is 2.82. The summed E-state index contributed by atoms with van der Waals surface area (Å²) in [5.41, 5.74) is 0.721. The van der Waals surface area contributed by atoms with E-state index in [0.29, 0.717) is 9.99 Å². The Morgan fingerprint density at radius 1 is 1.38 bits per heavy atom. The largest absolute Gasteiger partial charge is 0.341 e. The lowest BCUT2D eigenvalue weighted by atomic mass is 10.2. The number of hydrogen-bond donors (Lipinski definition) is 1. The molecule has 3 nitrogen and oxygen atoms in total. The van der Waals surface area contributed by atoms with Gasteiger partial charge in [-0.1, -0.05) is 35.2 Å². The van der Waals surface area contributed by atoms with Crippen LogP contribution in [-0.2, 0) is 0 Å². The molecule has 0 aliphatic carbocycles. The molecule has 0 atom stereocenters. The van der Waals surface area contributed by atoms with E-state index in [1.54, 1.807) is 6.07 Å². The van der Waals surface area contributed by atoms with Crippen molar-refractivity contribution in [1.82, 2.24) is 9.97 Å². The highest BCUT2D eigenvalue weighted by Crippen LogP contribution is 2.28. The summed E-state index contributed by atoms with van der Waals surface area (Å²) in [7, 11) is 0. The molecule has 2 rings (SSSR count). The van der Waals surface area contributed by atoms with Crippen LogP contribution in [0.1, 0.15) is 6.92 Å². The topological polar surface area (TPSA) is 37.8 Å². The number of anilines is 1. The first-order chi connectivity index (χ1) is 9.93. The summed E-state index contributed by atoms with van der Waals surface area (Å²) in [6.45, 7) is 8.48. The zero-order chi connectivity index (χ0) is 15.6. The molecule has 0 unspecified atom stereocenters. The predicted molar refractivity (Wildman–Crippen MR) is 84.0 cm³/mol. The van der Waals surface area contributed by atoms with Gasteiger partial charge in [0, 0.05) is 15.7 Å². The number of hydrogen-bond acceptors (Lipinski definition) is 3. The van der Waals surface area contributed by atoms with Gasteiger partial charge in [0.1, 0.15) is 23.8 Å². The summed E-state index contributed by atoms with van der Waals surface area (Å²) in [6.07, 6.45) is 2.58. The number of allylic oxidation sites excluding steroid dienone is 4. The molecular weight excluding hydrogens is 340 g/mol. The van der Waals surface area contributed by atoms with Gasteiger partial charge in [-0.15, -0.1) is 0 Å². The Kier molecular flexibility index (Phi) is 4.47. The smallest absolute Gasteiger partial charge is 0.148 e. The van der Waals surface area contributed by atoms with Gasteiger partial charge in [0.05, 0.1) is 10.9 Å². The standard InChI is InChI=1S/C15H12BrF2N3/c1-4-8(2)14(18)9(3)21-15-13-11(17)5-10(16)6-12(13)19-7-20-15/h4-7H,1-2H2,3H3,(H,19,20,21)/b14-9-. The fourth-order valence-electron chi connectivity index (χ4n) is 1.77. The third-order valence-corrected chi connectivity index (χ3v) is 3.28. The first-order valence-electron chi connectivity index (χ1n) is 5.99. The summed E-state index contributed by atoms with van der Waals surface area (Å²) in [6, 6.07) is 2.96. The number of nitrogens with zero attached hydrogens (tertiary/aromatic N) is 2. The van der Waals surface area contributed by atoms with Crippen LogP contribution in [0.4, 0.5) is 14.6 Å². The lowest BCUT2D eigenvalue weighted by Crippen LogP contribution is -2.03. The second kappa shape index (κ2) is 6.13. The Bertz CT molecular complexity index is 769. The molecule has 2 aromatic rings. The number of benzene rings is 1. The second-order valence-electron chi connectivity index (χ2n) is 4.30. The molecule has 0 radical (unpaired) electrons. The van der Waals surface area contributed by atoms with Gasteiger partial charge in [0.25, 0.3) is 0 Å². The summed E-state index contributed by atoms with van der Waals surface area (Å²) >= 11 is 3.20. The molecule has 1 aromatic carbocycles. The van der Waals surface area contributed by atoms with E-state index in [1.165, 1.54) is 25.4 Å². The van der Waals surface area contributed by atoms with Crippen molar-refractivity contribution in [2.75, 3.05) is 5.32 Å². The molecular formula is C15H12BrF2N3. The van der Waals surface area contributed by atoms with Crippen molar-refractivity contribution in [1.29, 1.82) is 0 Å². The molecule has 0 fully saturated rings. The van der Waals surface area contributed by atoms with Crippen molar-refractivity contribution < 1.29 is 8.78 Å². The zero-order valence-electron chi connectivity index (χ0n) is 11.3. The Morgan fingerprint density at radius 3 is 2.76 bits per heavy atom. The minimum atomic E-state index is -0.561. The molecule has 6 heteroatoms. The van der Waals surface area contributed by atoms with Crippen molar-refractivity contribution in [3.05, 3.63) is 65.1 Å². The van der Waals surface area contributed by atoms with Crippen molar-refractivity contribution in [2.24, 2.45) is 0 Å². The maximum absolute atomic E-state index is 14.1. The van der Waals surface area contributed by atoms with Crippen LogP contribution in [0, 0.1) is 5.82 Å². The van der Waals surface area contributed by atoms with E-state index in [-0.39, 0.29) is 22.5 Å². The first-order valence-corrected chi connectivity index (χ1v) is 6.78. The molecule has 0 saturated carbocycles. The zero-order valence-corrected chi connectivity index (χ0v) is 12.8. The lowest BCUT2D eigenvalue weighted by molar-refractivity contribution is 0.637. The summed E-state index contributed by atoms with van der Waals surface area (Å²) < 4.78 is 28.6. The van der Waals surface area contributed by atoms with Gasteiger partial charge in [0.2, 0.25) is 0 Å². The highest BCUT2D eigenvalue weighted by molar-refractivity contribution is 9.10. The van der Waals surface area contributed by atoms with Crippen molar-refractivity contribution >= 4 is 32.7 Å². The third kappa shape index (κ3) is 3.16. The van der Waals surface area contributed by atoms with Gasteiger partial charge in [-0.3, -0.25) is 0 Å². The van der Waals surface area contributed by atoms with E-state index in [1.807, 2.05) is 0 Å². The maximum atomic E-state index is 14.1.